The molecule has 9 rings (SSSR count). The lowest BCUT2D eigenvalue weighted by Gasteiger charge is -2.26. The van der Waals surface area contributed by atoms with E-state index < -0.39 is 0 Å². The quantitative estimate of drug-likeness (QED) is 0.165. The first-order chi connectivity index (χ1) is 25.4. The van der Waals surface area contributed by atoms with Crippen molar-refractivity contribution in [2.45, 2.75) is 26.2 Å². The van der Waals surface area contributed by atoms with Crippen molar-refractivity contribution < 1.29 is 4.74 Å². The molecule has 0 spiro atoms. The number of fused-ring (bicyclic) bond motifs is 3. The maximum atomic E-state index is 6.66. The van der Waals surface area contributed by atoms with Gasteiger partial charge >= 0.3 is 0 Å². The Balaban J connectivity index is 1.03. The molecular weight excluding hydrogens is 675 g/mol. The number of thiophene rings is 2. The van der Waals surface area contributed by atoms with Gasteiger partial charge < -0.3 is 14.5 Å². The van der Waals surface area contributed by atoms with Crippen molar-refractivity contribution in [1.82, 2.24) is 4.98 Å². The lowest BCUT2D eigenvalue weighted by molar-refractivity contribution is 0.497. The van der Waals surface area contributed by atoms with Gasteiger partial charge in [-0.05, 0) is 69.3 Å². The van der Waals surface area contributed by atoms with Gasteiger partial charge in [-0.2, -0.15) is 0 Å². The summed E-state index contributed by atoms with van der Waals surface area (Å²) in [5.74, 6) is 0.808. The topological polar surface area (TPSA) is 28.6 Å². The van der Waals surface area contributed by atoms with Crippen LogP contribution in [0.5, 0.6) is 10.8 Å². The summed E-state index contributed by atoms with van der Waals surface area (Å²) in [7, 11) is 0. The van der Waals surface area contributed by atoms with Crippen molar-refractivity contribution in [1.29, 1.82) is 0 Å². The van der Waals surface area contributed by atoms with Gasteiger partial charge in [0.15, 0.2) is 5.06 Å². The fourth-order valence-electron chi connectivity index (χ4n) is 7.02. The van der Waals surface area contributed by atoms with E-state index in [4.69, 9.17) is 9.72 Å². The van der Waals surface area contributed by atoms with Crippen molar-refractivity contribution in [2.24, 2.45) is 0 Å². The number of ether oxygens (including phenoxy) is 1. The molecule has 0 atom stereocenters. The number of hydrogen-bond acceptors (Lipinski definition) is 6. The van der Waals surface area contributed by atoms with Crippen LogP contribution in [0, 0.1) is 0 Å². The minimum Gasteiger partial charge on any atom is -0.447 e. The van der Waals surface area contributed by atoms with Crippen LogP contribution < -0.4 is 14.5 Å². The molecule has 3 aromatic heterocycles. The molecule has 8 aromatic rings. The second-order valence-corrected chi connectivity index (χ2v) is 16.1. The van der Waals surface area contributed by atoms with Gasteiger partial charge in [-0.1, -0.05) is 117 Å². The van der Waals surface area contributed by atoms with E-state index in [9.17, 15) is 0 Å². The predicted molar refractivity (Wildman–Crippen MR) is 222 cm³/mol. The number of pyridine rings is 1. The highest BCUT2D eigenvalue weighted by molar-refractivity contribution is 7.27. The van der Waals surface area contributed by atoms with Gasteiger partial charge in [0.25, 0.3) is 0 Å². The molecule has 0 N–H and O–H groups in total. The maximum absolute atomic E-state index is 6.66. The fourth-order valence-corrected chi connectivity index (χ4v) is 9.13. The van der Waals surface area contributed by atoms with Crippen molar-refractivity contribution in [2.75, 3.05) is 16.5 Å². The minimum absolute atomic E-state index is 0.0360. The Hall–Kier alpha value is -5.69. The maximum Gasteiger partial charge on any atom is 0.182 e. The van der Waals surface area contributed by atoms with E-state index in [1.165, 1.54) is 53.7 Å². The van der Waals surface area contributed by atoms with E-state index >= 15 is 0 Å². The largest absolute Gasteiger partial charge is 0.447 e. The second-order valence-electron chi connectivity index (χ2n) is 14.2. The van der Waals surface area contributed by atoms with Gasteiger partial charge in [0, 0.05) is 58.5 Å². The second kappa shape index (κ2) is 13.1. The summed E-state index contributed by atoms with van der Waals surface area (Å²) in [6, 6.07) is 47.3. The Labute approximate surface area is 312 Å². The number of rotatable bonds is 7. The zero-order chi connectivity index (χ0) is 35.2. The molecule has 0 bridgehead atoms. The first kappa shape index (κ1) is 32.2. The van der Waals surface area contributed by atoms with Crippen molar-refractivity contribution >= 4 is 54.2 Å². The highest BCUT2D eigenvalue weighted by Gasteiger charge is 2.23. The van der Waals surface area contributed by atoms with Crippen LogP contribution in [-0.4, -0.2) is 11.7 Å². The van der Waals surface area contributed by atoms with E-state index in [0.29, 0.717) is 6.67 Å². The van der Waals surface area contributed by atoms with E-state index in [-0.39, 0.29) is 5.41 Å². The van der Waals surface area contributed by atoms with Crippen LogP contribution in [0.3, 0.4) is 0 Å². The Bertz CT molecular complexity index is 2520. The predicted octanol–water partition coefficient (Wildman–Crippen LogP) is 13.4. The fraction of sp³-hybridized carbons (Fsp3) is 0.109. The van der Waals surface area contributed by atoms with Crippen molar-refractivity contribution in [3.8, 4) is 44.3 Å². The first-order valence-electron chi connectivity index (χ1n) is 17.5. The summed E-state index contributed by atoms with van der Waals surface area (Å²) in [6.07, 6.45) is 6.28. The van der Waals surface area contributed by atoms with Crippen molar-refractivity contribution in [3.63, 3.8) is 0 Å². The van der Waals surface area contributed by atoms with Gasteiger partial charge in [0.2, 0.25) is 0 Å². The van der Waals surface area contributed by atoms with Crippen molar-refractivity contribution in [3.05, 3.63) is 163 Å². The number of nitrogens with zero attached hydrogens (tertiary/aromatic N) is 3. The van der Waals surface area contributed by atoms with Gasteiger partial charge in [0.1, 0.15) is 5.75 Å². The molecule has 0 unspecified atom stereocenters. The lowest BCUT2D eigenvalue weighted by Crippen LogP contribution is -2.25. The summed E-state index contributed by atoms with van der Waals surface area (Å²) in [6.45, 7) is 7.41. The summed E-state index contributed by atoms with van der Waals surface area (Å²) in [4.78, 5) is 9.46. The van der Waals surface area contributed by atoms with Crippen LogP contribution in [-0.2, 0) is 5.41 Å². The summed E-state index contributed by atoms with van der Waals surface area (Å²) in [5, 5.41) is 5.45. The molecule has 1 aliphatic rings. The highest BCUT2D eigenvalue weighted by atomic mass is 32.1. The molecule has 5 aromatic carbocycles. The molecule has 0 amide bonds. The summed E-state index contributed by atoms with van der Waals surface area (Å²) >= 11 is 3.48. The molecule has 6 heteroatoms. The number of anilines is 2. The first-order valence-corrected chi connectivity index (χ1v) is 19.2. The SMILES string of the molecule is CC(C)(C)c1ccnc(-c2cc3ccsc3c3sc(Oc4cccc(N5C=CN(c6c(-c7ccccc7)cccc6-c6ccccc6)C5)c4)cc23)c1. The third kappa shape index (κ3) is 6.04. The number of para-hydroxylation sites is 1. The van der Waals surface area contributed by atoms with Gasteiger partial charge in [-0.15, -0.1) is 11.3 Å². The third-order valence-corrected chi connectivity index (χ3v) is 11.8. The molecule has 0 aliphatic carbocycles. The van der Waals surface area contributed by atoms with E-state index in [0.717, 1.165) is 27.8 Å². The molecule has 4 heterocycles. The van der Waals surface area contributed by atoms with Crippen LogP contribution in [0.15, 0.2) is 157 Å². The molecule has 0 saturated heterocycles. The Morgan fingerprint density at radius 3 is 2.10 bits per heavy atom. The molecule has 0 saturated carbocycles. The van der Waals surface area contributed by atoms with E-state index in [2.05, 4.69) is 176 Å². The zero-order valence-electron chi connectivity index (χ0n) is 29.3. The highest BCUT2D eigenvalue weighted by Crippen LogP contribution is 2.46. The normalized spacial score (nSPS) is 13.1. The monoisotopic (exact) mass is 711 g/mol. The van der Waals surface area contributed by atoms with Crippen LogP contribution in [0.4, 0.5) is 11.4 Å². The van der Waals surface area contributed by atoms with E-state index in [1.807, 2.05) is 12.3 Å². The molecule has 4 nitrogen and oxygen atoms in total. The summed E-state index contributed by atoms with van der Waals surface area (Å²) < 4.78 is 9.18. The Morgan fingerprint density at radius 2 is 1.37 bits per heavy atom. The van der Waals surface area contributed by atoms with Crippen LogP contribution in [0.25, 0.3) is 53.7 Å². The third-order valence-electron chi connectivity index (χ3n) is 9.70. The smallest absolute Gasteiger partial charge is 0.182 e. The molecule has 52 heavy (non-hydrogen) atoms. The minimum atomic E-state index is 0.0360. The van der Waals surface area contributed by atoms with Gasteiger partial charge in [0.05, 0.1) is 27.4 Å². The van der Waals surface area contributed by atoms with Crippen LogP contribution in [0.1, 0.15) is 26.3 Å². The number of hydrogen-bond donors (Lipinski definition) is 0. The molecule has 0 radical (unpaired) electrons. The number of benzene rings is 5. The molecule has 254 valence electrons. The Kier molecular flexibility index (Phi) is 8.14. The average molecular weight is 712 g/mol. The zero-order valence-corrected chi connectivity index (χ0v) is 30.9. The summed E-state index contributed by atoms with van der Waals surface area (Å²) in [5.41, 5.74) is 10.5. The van der Waals surface area contributed by atoms with Gasteiger partial charge in [-0.25, -0.2) is 0 Å². The lowest BCUT2D eigenvalue weighted by atomic mass is 9.86. The number of aromatic nitrogens is 1. The van der Waals surface area contributed by atoms with E-state index in [1.54, 1.807) is 22.7 Å². The molecule has 0 fully saturated rings. The molecular formula is C46H37N3OS2. The average Bonchev–Trinajstić information content (AvgIpc) is 3.95. The van der Waals surface area contributed by atoms with Gasteiger partial charge in [-0.3, -0.25) is 4.98 Å². The van der Waals surface area contributed by atoms with Crippen LogP contribution in [0.2, 0.25) is 0 Å². The Morgan fingerprint density at radius 1 is 0.654 bits per heavy atom. The van der Waals surface area contributed by atoms with Crippen LogP contribution >= 0.6 is 22.7 Å². The standard InChI is InChI=1S/C46H37N3OS2/c1-46(2,3)34-20-22-47-41(27-34)39-26-33-21-25-51-44(33)45-40(39)29-42(52-45)50-36-17-10-16-35(28-36)48-23-24-49(30-48)43-37(31-12-6-4-7-13-31)18-11-19-38(43)32-14-8-5-9-15-32/h4-29H,30H2,1-3H3. The molecule has 1 aliphatic heterocycles.